The third-order valence-corrected chi connectivity index (χ3v) is 4.38. The highest BCUT2D eigenvalue weighted by Gasteiger charge is 2.08. The maximum Gasteiger partial charge on any atom is 0.221 e. The van der Waals surface area contributed by atoms with Crippen molar-refractivity contribution in [3.05, 3.63) is 108 Å². The van der Waals surface area contributed by atoms with Crippen LogP contribution in [0.2, 0.25) is 0 Å². The minimum Gasteiger partial charge on any atom is -0.326 e. The van der Waals surface area contributed by atoms with Gasteiger partial charge in [0.1, 0.15) is 0 Å². The lowest BCUT2D eigenvalue weighted by atomic mass is 9.94. The van der Waals surface area contributed by atoms with Gasteiger partial charge < -0.3 is 5.32 Å². The molecule has 2 nitrogen and oxygen atoms in total. The Kier molecular flexibility index (Phi) is 6.44. The van der Waals surface area contributed by atoms with Crippen molar-refractivity contribution in [2.24, 2.45) is 0 Å². The van der Waals surface area contributed by atoms with Crippen molar-refractivity contribution in [3.8, 4) is 11.8 Å². The van der Waals surface area contributed by atoms with Gasteiger partial charge in [0, 0.05) is 18.2 Å². The maximum atomic E-state index is 11.3. The average molecular weight is 365 g/mol. The molecule has 1 atom stereocenters. The van der Waals surface area contributed by atoms with Crippen LogP contribution in [0.4, 0.5) is 5.69 Å². The number of hydrogen-bond acceptors (Lipinski definition) is 1. The number of amides is 1. The van der Waals surface area contributed by atoms with E-state index in [4.69, 9.17) is 0 Å². The van der Waals surface area contributed by atoms with Gasteiger partial charge in [-0.25, -0.2) is 0 Å². The number of rotatable bonds is 4. The van der Waals surface area contributed by atoms with Crippen LogP contribution >= 0.6 is 0 Å². The number of carbonyl (C=O) groups is 1. The first kappa shape index (κ1) is 19.2. The molecule has 0 heterocycles. The molecular weight excluding hydrogens is 342 g/mol. The lowest BCUT2D eigenvalue weighted by molar-refractivity contribution is -0.114. The molecule has 0 saturated heterocycles. The van der Waals surface area contributed by atoms with Crippen molar-refractivity contribution in [1.29, 1.82) is 0 Å². The average Bonchev–Trinajstić information content (AvgIpc) is 2.72. The summed E-state index contributed by atoms with van der Waals surface area (Å²) in [5.74, 6) is 6.56. The fraction of sp³-hybridized carbons (Fsp3) is 0.115. The minimum atomic E-state index is -0.0759. The Balaban J connectivity index is 1.95. The Bertz CT molecular complexity index is 1010. The van der Waals surface area contributed by atoms with E-state index in [1.165, 1.54) is 18.1 Å². The second-order valence-electron chi connectivity index (χ2n) is 6.63. The van der Waals surface area contributed by atoms with Crippen molar-refractivity contribution in [3.63, 3.8) is 0 Å². The molecule has 0 aliphatic rings. The molecule has 2 heteroatoms. The number of hydrogen-bond donors (Lipinski definition) is 1. The molecule has 138 valence electrons. The molecule has 28 heavy (non-hydrogen) atoms. The largest absolute Gasteiger partial charge is 0.326 e. The summed E-state index contributed by atoms with van der Waals surface area (Å²) in [5, 5.41) is 2.81. The van der Waals surface area contributed by atoms with Gasteiger partial charge in [-0.15, -0.1) is 0 Å². The fourth-order valence-electron chi connectivity index (χ4n) is 2.93. The topological polar surface area (TPSA) is 29.1 Å². The van der Waals surface area contributed by atoms with Gasteiger partial charge in [-0.05, 0) is 47.9 Å². The van der Waals surface area contributed by atoms with E-state index in [9.17, 15) is 4.79 Å². The van der Waals surface area contributed by atoms with Gasteiger partial charge in [0.15, 0.2) is 0 Å². The van der Waals surface area contributed by atoms with Gasteiger partial charge in [-0.3, -0.25) is 4.79 Å². The summed E-state index contributed by atoms with van der Waals surface area (Å²) in [6.07, 6.45) is 2.19. The van der Waals surface area contributed by atoms with Gasteiger partial charge in [0.05, 0.1) is 5.92 Å². The highest BCUT2D eigenvalue weighted by atomic mass is 16.1. The van der Waals surface area contributed by atoms with E-state index < -0.39 is 0 Å². The van der Waals surface area contributed by atoms with Gasteiger partial charge in [-0.2, -0.15) is 0 Å². The molecule has 0 aliphatic heterocycles. The standard InChI is InChI=1S/C26H23NO/c1-20(23-11-7-4-8-12-23)19-25(14-13-22-9-5-3-6-10-22)24-15-17-26(18-16-24)27-21(2)28/h3-12,15-19,25H,1-2H3,(H,27,28)/b20-19+/t25-/m0/s1. The van der Waals surface area contributed by atoms with Crippen molar-refractivity contribution in [2.75, 3.05) is 5.32 Å². The first-order valence-corrected chi connectivity index (χ1v) is 9.30. The van der Waals surface area contributed by atoms with Crippen molar-refractivity contribution < 1.29 is 4.79 Å². The highest BCUT2D eigenvalue weighted by molar-refractivity contribution is 5.88. The van der Waals surface area contributed by atoms with E-state index in [1.54, 1.807) is 0 Å². The zero-order valence-electron chi connectivity index (χ0n) is 16.1. The molecule has 0 unspecified atom stereocenters. The van der Waals surface area contributed by atoms with Crippen molar-refractivity contribution >= 4 is 17.2 Å². The summed E-state index contributed by atoms with van der Waals surface area (Å²) in [6.45, 7) is 3.62. The summed E-state index contributed by atoms with van der Waals surface area (Å²) in [5.41, 5.74) is 5.23. The number of nitrogens with one attached hydrogen (secondary N) is 1. The monoisotopic (exact) mass is 365 g/mol. The summed E-state index contributed by atoms with van der Waals surface area (Å²) < 4.78 is 0. The highest BCUT2D eigenvalue weighted by Crippen LogP contribution is 2.24. The Hall–Kier alpha value is -3.57. The van der Waals surface area contributed by atoms with Crippen LogP contribution in [0.3, 0.4) is 0 Å². The van der Waals surface area contributed by atoms with Crippen LogP contribution in [0.1, 0.15) is 36.5 Å². The molecule has 0 spiro atoms. The second kappa shape index (κ2) is 9.39. The molecule has 1 N–H and O–H groups in total. The van der Waals surface area contributed by atoms with Crippen LogP contribution in [0.15, 0.2) is 91.0 Å². The molecule has 1 amide bonds. The molecule has 3 aromatic rings. The molecule has 0 bridgehead atoms. The molecule has 3 rings (SSSR count). The van der Waals surface area contributed by atoms with E-state index in [0.29, 0.717) is 0 Å². The van der Waals surface area contributed by atoms with Gasteiger partial charge >= 0.3 is 0 Å². The normalized spacial score (nSPS) is 11.9. The van der Waals surface area contributed by atoms with Gasteiger partial charge in [-0.1, -0.05) is 78.6 Å². The Morgan fingerprint density at radius 2 is 1.46 bits per heavy atom. The maximum absolute atomic E-state index is 11.3. The second-order valence-corrected chi connectivity index (χ2v) is 6.63. The van der Waals surface area contributed by atoms with Crippen LogP contribution in [-0.2, 0) is 4.79 Å². The first-order valence-electron chi connectivity index (χ1n) is 9.30. The third kappa shape index (κ3) is 5.46. The van der Waals surface area contributed by atoms with E-state index in [1.807, 2.05) is 72.8 Å². The van der Waals surface area contributed by atoms with Crippen LogP contribution in [0.5, 0.6) is 0 Å². The quantitative estimate of drug-likeness (QED) is 0.574. The smallest absolute Gasteiger partial charge is 0.221 e. The molecule has 0 aliphatic carbocycles. The minimum absolute atomic E-state index is 0.0493. The molecule has 0 fully saturated rings. The molecule has 3 aromatic carbocycles. The van der Waals surface area contributed by atoms with Crippen LogP contribution in [0, 0.1) is 11.8 Å². The predicted molar refractivity (Wildman–Crippen MR) is 117 cm³/mol. The lowest BCUT2D eigenvalue weighted by Crippen LogP contribution is -2.05. The number of benzene rings is 3. The summed E-state index contributed by atoms with van der Waals surface area (Å²) >= 11 is 0. The Morgan fingerprint density at radius 1 is 0.857 bits per heavy atom. The zero-order chi connectivity index (χ0) is 19.8. The molecule has 0 radical (unpaired) electrons. The van der Waals surface area contributed by atoms with E-state index >= 15 is 0 Å². The van der Waals surface area contributed by atoms with Crippen LogP contribution in [0.25, 0.3) is 5.57 Å². The number of carbonyl (C=O) groups excluding carboxylic acids is 1. The van der Waals surface area contributed by atoms with Crippen LogP contribution < -0.4 is 5.32 Å². The van der Waals surface area contributed by atoms with Gasteiger partial charge in [0.2, 0.25) is 5.91 Å². The Morgan fingerprint density at radius 3 is 2.07 bits per heavy atom. The van der Waals surface area contributed by atoms with E-state index in [0.717, 1.165) is 16.8 Å². The SMILES string of the molecule is CC(=O)Nc1ccc([C@@H](C#Cc2ccccc2)/C=C(\C)c2ccccc2)cc1. The Labute approximate surface area is 166 Å². The van der Waals surface area contributed by atoms with Gasteiger partial charge in [0.25, 0.3) is 0 Å². The summed E-state index contributed by atoms with van der Waals surface area (Å²) in [6, 6.07) is 28.2. The number of anilines is 1. The summed E-state index contributed by atoms with van der Waals surface area (Å²) in [4.78, 5) is 11.3. The fourth-order valence-corrected chi connectivity index (χ4v) is 2.93. The predicted octanol–water partition coefficient (Wildman–Crippen LogP) is 5.88. The van der Waals surface area contributed by atoms with Crippen molar-refractivity contribution in [1.82, 2.24) is 0 Å². The third-order valence-electron chi connectivity index (χ3n) is 4.38. The lowest BCUT2D eigenvalue weighted by Gasteiger charge is -2.11. The number of allylic oxidation sites excluding steroid dienone is 2. The first-order chi connectivity index (χ1) is 13.6. The summed E-state index contributed by atoms with van der Waals surface area (Å²) in [7, 11) is 0. The van der Waals surface area contributed by atoms with E-state index in [-0.39, 0.29) is 11.8 Å². The van der Waals surface area contributed by atoms with Crippen molar-refractivity contribution in [2.45, 2.75) is 19.8 Å². The zero-order valence-corrected chi connectivity index (χ0v) is 16.1. The molecule has 0 saturated carbocycles. The van der Waals surface area contributed by atoms with E-state index in [2.05, 4.69) is 42.3 Å². The van der Waals surface area contributed by atoms with Crippen LogP contribution in [-0.4, -0.2) is 5.91 Å². The molecular formula is C26H23NO. The molecule has 0 aromatic heterocycles.